The molecule has 0 saturated carbocycles. The molecule has 1 aromatic carbocycles. The summed E-state index contributed by atoms with van der Waals surface area (Å²) in [4.78, 5) is 0.183. The van der Waals surface area contributed by atoms with Crippen LogP contribution in [0, 0.1) is 0 Å². The van der Waals surface area contributed by atoms with Gasteiger partial charge in [0.2, 0.25) is 10.0 Å². The minimum atomic E-state index is -3.72. The Morgan fingerprint density at radius 2 is 2.05 bits per heavy atom. The van der Waals surface area contributed by atoms with Crippen LogP contribution >= 0.6 is 12.2 Å². The SMILES string of the molecule is NC(=S)c1ccccc1S(=O)(=O)N1CCCCCC1CO. The molecule has 1 unspecified atom stereocenters. The van der Waals surface area contributed by atoms with Gasteiger partial charge in [0, 0.05) is 18.2 Å². The number of rotatable bonds is 4. The highest BCUT2D eigenvalue weighted by atomic mass is 32.2. The van der Waals surface area contributed by atoms with E-state index in [1.54, 1.807) is 18.2 Å². The number of nitrogens with two attached hydrogens (primary N) is 1. The Morgan fingerprint density at radius 3 is 2.71 bits per heavy atom. The summed E-state index contributed by atoms with van der Waals surface area (Å²) < 4.78 is 27.3. The normalized spacial score (nSPS) is 20.9. The number of aliphatic hydroxyl groups is 1. The van der Waals surface area contributed by atoms with Crippen LogP contribution in [0.25, 0.3) is 0 Å². The molecule has 0 spiro atoms. The van der Waals surface area contributed by atoms with Crippen LogP contribution < -0.4 is 5.73 Å². The first-order valence-corrected chi connectivity index (χ1v) is 8.85. The quantitative estimate of drug-likeness (QED) is 0.813. The molecule has 5 nitrogen and oxygen atoms in total. The molecule has 0 aliphatic carbocycles. The van der Waals surface area contributed by atoms with Gasteiger partial charge in [-0.3, -0.25) is 0 Å². The maximum Gasteiger partial charge on any atom is 0.244 e. The minimum Gasteiger partial charge on any atom is -0.395 e. The van der Waals surface area contributed by atoms with E-state index in [0.29, 0.717) is 18.5 Å². The van der Waals surface area contributed by atoms with Crippen molar-refractivity contribution in [3.63, 3.8) is 0 Å². The predicted molar refractivity (Wildman–Crippen MR) is 85.6 cm³/mol. The lowest BCUT2D eigenvalue weighted by atomic mass is 10.1. The van der Waals surface area contributed by atoms with Crippen LogP contribution in [0.15, 0.2) is 29.2 Å². The number of sulfonamides is 1. The molecular formula is C14H20N2O3S2. The van der Waals surface area contributed by atoms with Gasteiger partial charge in [-0.05, 0) is 18.9 Å². The van der Waals surface area contributed by atoms with E-state index in [-0.39, 0.29) is 22.5 Å². The molecule has 1 aromatic rings. The van der Waals surface area contributed by atoms with E-state index in [0.717, 1.165) is 19.3 Å². The average Bonchev–Trinajstić information content (AvgIpc) is 2.72. The van der Waals surface area contributed by atoms with Gasteiger partial charge in [0.15, 0.2) is 0 Å². The van der Waals surface area contributed by atoms with Gasteiger partial charge in [-0.1, -0.05) is 43.3 Å². The molecule has 1 saturated heterocycles. The van der Waals surface area contributed by atoms with Crippen molar-refractivity contribution in [1.29, 1.82) is 0 Å². The molecule has 21 heavy (non-hydrogen) atoms. The molecule has 1 aliphatic heterocycles. The zero-order valence-corrected chi connectivity index (χ0v) is 13.4. The van der Waals surface area contributed by atoms with E-state index in [2.05, 4.69) is 0 Å². The van der Waals surface area contributed by atoms with Gasteiger partial charge in [0.05, 0.1) is 11.5 Å². The molecule has 1 fully saturated rings. The standard InChI is InChI=1S/C14H20N2O3S2/c15-14(20)12-7-3-4-8-13(12)21(18,19)16-9-5-1-2-6-11(16)10-17/h3-4,7-8,11,17H,1-2,5-6,9-10H2,(H2,15,20). The molecular weight excluding hydrogens is 308 g/mol. The van der Waals surface area contributed by atoms with Gasteiger partial charge in [-0.25, -0.2) is 8.42 Å². The van der Waals surface area contributed by atoms with Crippen LogP contribution in [0.4, 0.5) is 0 Å². The van der Waals surface area contributed by atoms with E-state index in [1.165, 1.54) is 10.4 Å². The van der Waals surface area contributed by atoms with Gasteiger partial charge < -0.3 is 10.8 Å². The molecule has 0 amide bonds. The smallest absolute Gasteiger partial charge is 0.244 e. The topological polar surface area (TPSA) is 83.6 Å². The first kappa shape index (κ1) is 16.4. The summed E-state index contributed by atoms with van der Waals surface area (Å²) in [6.45, 7) is 0.244. The van der Waals surface area contributed by atoms with Crippen LogP contribution in [0.3, 0.4) is 0 Å². The summed E-state index contributed by atoms with van der Waals surface area (Å²) in [5, 5.41) is 9.52. The predicted octanol–water partition coefficient (Wildman–Crippen LogP) is 1.25. The van der Waals surface area contributed by atoms with Crippen molar-refractivity contribution in [1.82, 2.24) is 4.31 Å². The van der Waals surface area contributed by atoms with Gasteiger partial charge in [-0.15, -0.1) is 0 Å². The maximum absolute atomic E-state index is 12.9. The molecule has 1 heterocycles. The Morgan fingerprint density at radius 1 is 1.33 bits per heavy atom. The average molecular weight is 328 g/mol. The van der Waals surface area contributed by atoms with Crippen molar-refractivity contribution >= 4 is 27.2 Å². The van der Waals surface area contributed by atoms with Crippen molar-refractivity contribution in [2.75, 3.05) is 13.2 Å². The summed E-state index contributed by atoms with van der Waals surface area (Å²) in [6, 6.07) is 6.11. The molecule has 0 bridgehead atoms. The monoisotopic (exact) mass is 328 g/mol. The highest BCUT2D eigenvalue weighted by Gasteiger charge is 2.33. The molecule has 0 aromatic heterocycles. The van der Waals surface area contributed by atoms with Crippen molar-refractivity contribution in [2.45, 2.75) is 36.6 Å². The van der Waals surface area contributed by atoms with Crippen LogP contribution in [-0.2, 0) is 10.0 Å². The van der Waals surface area contributed by atoms with Crippen LogP contribution in [0.5, 0.6) is 0 Å². The Labute approximate surface area is 130 Å². The third kappa shape index (κ3) is 3.42. The third-order valence-electron chi connectivity index (χ3n) is 3.77. The summed E-state index contributed by atoms with van der Waals surface area (Å²) in [5.74, 6) is 0. The van der Waals surface area contributed by atoms with Crippen LogP contribution in [-0.4, -0.2) is 42.0 Å². The van der Waals surface area contributed by atoms with Crippen molar-refractivity contribution < 1.29 is 13.5 Å². The number of aliphatic hydroxyl groups excluding tert-OH is 1. The third-order valence-corrected chi connectivity index (χ3v) is 6.00. The van der Waals surface area contributed by atoms with Crippen molar-refractivity contribution in [3.05, 3.63) is 29.8 Å². The second-order valence-electron chi connectivity index (χ2n) is 5.16. The number of hydrogen-bond acceptors (Lipinski definition) is 4. The number of thiocarbonyl (C=S) groups is 1. The minimum absolute atomic E-state index is 0.0598. The van der Waals surface area contributed by atoms with Crippen LogP contribution in [0.2, 0.25) is 0 Å². The Kier molecular flexibility index (Phi) is 5.32. The van der Waals surface area contributed by atoms with Crippen molar-refractivity contribution in [3.8, 4) is 0 Å². The number of nitrogens with zero attached hydrogens (tertiary/aromatic N) is 1. The largest absolute Gasteiger partial charge is 0.395 e. The summed E-state index contributed by atoms with van der Waals surface area (Å²) in [5.41, 5.74) is 5.99. The van der Waals surface area contributed by atoms with Gasteiger partial charge in [-0.2, -0.15) is 4.31 Å². The molecule has 116 valence electrons. The highest BCUT2D eigenvalue weighted by Crippen LogP contribution is 2.26. The lowest BCUT2D eigenvalue weighted by Gasteiger charge is -2.28. The first-order valence-electron chi connectivity index (χ1n) is 7.00. The number of benzene rings is 1. The lowest BCUT2D eigenvalue weighted by molar-refractivity contribution is 0.186. The zero-order chi connectivity index (χ0) is 15.5. The Balaban J connectivity index is 2.47. The highest BCUT2D eigenvalue weighted by molar-refractivity contribution is 7.89. The van der Waals surface area contributed by atoms with E-state index < -0.39 is 10.0 Å². The molecule has 3 N–H and O–H groups in total. The van der Waals surface area contributed by atoms with E-state index in [1.807, 2.05) is 0 Å². The summed E-state index contributed by atoms with van der Waals surface area (Å²) in [7, 11) is -3.72. The first-order chi connectivity index (χ1) is 9.98. The zero-order valence-electron chi connectivity index (χ0n) is 11.7. The molecule has 1 aliphatic rings. The summed E-state index contributed by atoms with van der Waals surface area (Å²) in [6.07, 6.45) is 3.36. The fourth-order valence-electron chi connectivity index (χ4n) is 2.67. The van der Waals surface area contributed by atoms with E-state index in [4.69, 9.17) is 18.0 Å². The summed E-state index contributed by atoms with van der Waals surface area (Å²) >= 11 is 4.95. The molecule has 1 atom stereocenters. The maximum atomic E-state index is 12.9. The van der Waals surface area contributed by atoms with Gasteiger partial charge in [0.25, 0.3) is 0 Å². The fraction of sp³-hybridized carbons (Fsp3) is 0.500. The Hall–Kier alpha value is -1.02. The van der Waals surface area contributed by atoms with Gasteiger partial charge in [0.1, 0.15) is 4.99 Å². The van der Waals surface area contributed by atoms with Crippen LogP contribution in [0.1, 0.15) is 31.2 Å². The van der Waals surface area contributed by atoms with E-state index >= 15 is 0 Å². The number of hydrogen-bond donors (Lipinski definition) is 2. The molecule has 0 radical (unpaired) electrons. The molecule has 2 rings (SSSR count). The molecule has 7 heteroatoms. The second-order valence-corrected chi connectivity index (χ2v) is 7.46. The van der Waals surface area contributed by atoms with Gasteiger partial charge >= 0.3 is 0 Å². The fourth-order valence-corrected chi connectivity index (χ4v) is 4.81. The lowest BCUT2D eigenvalue weighted by Crippen LogP contribution is -2.42. The van der Waals surface area contributed by atoms with E-state index in [9.17, 15) is 13.5 Å². The van der Waals surface area contributed by atoms with Crippen molar-refractivity contribution in [2.24, 2.45) is 5.73 Å². The second kappa shape index (κ2) is 6.83. The Bertz CT molecular complexity index is 616.